The number of aromatic nitrogens is 3. The molecule has 2 rings (SSSR count). The van der Waals surface area contributed by atoms with Crippen molar-refractivity contribution in [2.75, 3.05) is 26.2 Å². The lowest BCUT2D eigenvalue weighted by Crippen LogP contribution is -2.55. The summed E-state index contributed by atoms with van der Waals surface area (Å²) in [5, 5.41) is 20.2. The van der Waals surface area contributed by atoms with Gasteiger partial charge in [0, 0.05) is 26.2 Å². The maximum atomic E-state index is 10.3. The smallest absolute Gasteiger partial charge is 0.154 e. The van der Waals surface area contributed by atoms with E-state index in [0.29, 0.717) is 12.2 Å². The Labute approximate surface area is 88.7 Å². The van der Waals surface area contributed by atoms with Crippen LogP contribution in [0.1, 0.15) is 12.7 Å². The van der Waals surface area contributed by atoms with Gasteiger partial charge in [0.05, 0.1) is 6.42 Å². The van der Waals surface area contributed by atoms with E-state index in [1.807, 2.05) is 6.92 Å². The van der Waals surface area contributed by atoms with Crippen molar-refractivity contribution in [3.05, 3.63) is 12.2 Å². The molecule has 15 heavy (non-hydrogen) atoms. The molecule has 0 amide bonds. The van der Waals surface area contributed by atoms with E-state index in [9.17, 15) is 5.11 Å². The van der Waals surface area contributed by atoms with Crippen LogP contribution in [0.3, 0.4) is 0 Å². The molecule has 0 aromatic carbocycles. The van der Waals surface area contributed by atoms with Crippen LogP contribution in [0.15, 0.2) is 6.33 Å². The van der Waals surface area contributed by atoms with Crippen LogP contribution in [0.5, 0.6) is 0 Å². The predicted octanol–water partition coefficient (Wildman–Crippen LogP) is -1.04. The van der Waals surface area contributed by atoms with Crippen molar-refractivity contribution < 1.29 is 5.11 Å². The second-order valence-electron chi connectivity index (χ2n) is 4.05. The molecule has 3 N–H and O–H groups in total. The molecule has 1 aliphatic heterocycles. The van der Waals surface area contributed by atoms with Crippen molar-refractivity contribution in [1.82, 2.24) is 25.4 Å². The highest BCUT2D eigenvalue weighted by molar-refractivity contribution is 4.91. The zero-order valence-electron chi connectivity index (χ0n) is 8.90. The second-order valence-corrected chi connectivity index (χ2v) is 4.05. The number of hydrogen-bond acceptors (Lipinski definition) is 5. The molecule has 1 aliphatic rings. The summed E-state index contributed by atoms with van der Waals surface area (Å²) in [6.07, 6.45) is 1.99. The van der Waals surface area contributed by atoms with Gasteiger partial charge < -0.3 is 10.4 Å². The van der Waals surface area contributed by atoms with Crippen LogP contribution < -0.4 is 5.32 Å². The van der Waals surface area contributed by atoms with Gasteiger partial charge in [0.2, 0.25) is 0 Å². The lowest BCUT2D eigenvalue weighted by molar-refractivity contribution is -0.0986. The minimum absolute atomic E-state index is 0.455. The number of H-pyrrole nitrogens is 1. The van der Waals surface area contributed by atoms with Crippen molar-refractivity contribution in [3.63, 3.8) is 0 Å². The third kappa shape index (κ3) is 2.53. The van der Waals surface area contributed by atoms with Crippen LogP contribution in [0.25, 0.3) is 0 Å². The fourth-order valence-corrected chi connectivity index (χ4v) is 1.88. The molecule has 2 heterocycles. The Morgan fingerprint density at radius 3 is 2.87 bits per heavy atom. The molecule has 1 aromatic heterocycles. The number of aromatic amines is 1. The van der Waals surface area contributed by atoms with E-state index in [0.717, 1.165) is 26.2 Å². The van der Waals surface area contributed by atoms with E-state index in [1.165, 1.54) is 6.33 Å². The lowest BCUT2D eigenvalue weighted by atomic mass is 10.1. The monoisotopic (exact) mass is 211 g/mol. The number of nitrogens with one attached hydrogen (secondary N) is 2. The zero-order valence-corrected chi connectivity index (χ0v) is 8.90. The van der Waals surface area contributed by atoms with Gasteiger partial charge in [-0.1, -0.05) is 0 Å². The number of aliphatic hydroxyl groups is 1. The molecule has 0 radical (unpaired) electrons. The molecular formula is C9H17N5O. The van der Waals surface area contributed by atoms with E-state index < -0.39 is 5.72 Å². The fourth-order valence-electron chi connectivity index (χ4n) is 1.88. The third-order valence-corrected chi connectivity index (χ3v) is 2.76. The lowest BCUT2D eigenvalue weighted by Gasteiger charge is -2.39. The highest BCUT2D eigenvalue weighted by Gasteiger charge is 2.31. The highest BCUT2D eigenvalue weighted by atomic mass is 16.3. The molecule has 1 saturated heterocycles. The van der Waals surface area contributed by atoms with Gasteiger partial charge in [0.1, 0.15) is 12.1 Å². The van der Waals surface area contributed by atoms with Crippen molar-refractivity contribution in [2.24, 2.45) is 0 Å². The summed E-state index contributed by atoms with van der Waals surface area (Å²) < 4.78 is 0. The molecule has 0 spiro atoms. The maximum absolute atomic E-state index is 10.3. The molecule has 1 unspecified atom stereocenters. The molecule has 1 aromatic rings. The average molecular weight is 211 g/mol. The van der Waals surface area contributed by atoms with E-state index in [1.54, 1.807) is 0 Å². The minimum Gasteiger partial charge on any atom is -0.375 e. The van der Waals surface area contributed by atoms with E-state index in [2.05, 4.69) is 25.4 Å². The summed E-state index contributed by atoms with van der Waals surface area (Å²) in [7, 11) is 0. The Morgan fingerprint density at radius 1 is 1.53 bits per heavy atom. The van der Waals surface area contributed by atoms with Gasteiger partial charge in [0.25, 0.3) is 0 Å². The topological polar surface area (TPSA) is 77.1 Å². The Bertz CT molecular complexity index is 291. The summed E-state index contributed by atoms with van der Waals surface area (Å²) in [5.41, 5.74) is -0.857. The largest absolute Gasteiger partial charge is 0.375 e. The van der Waals surface area contributed by atoms with E-state index in [4.69, 9.17) is 0 Å². The summed E-state index contributed by atoms with van der Waals surface area (Å²) >= 11 is 0. The number of piperazine rings is 1. The molecular weight excluding hydrogens is 194 g/mol. The average Bonchev–Trinajstić information content (AvgIpc) is 2.71. The van der Waals surface area contributed by atoms with Gasteiger partial charge in [-0.25, -0.2) is 4.98 Å². The molecule has 0 aliphatic carbocycles. The Balaban J connectivity index is 1.98. The first-order valence-corrected chi connectivity index (χ1v) is 5.21. The first-order chi connectivity index (χ1) is 7.18. The van der Waals surface area contributed by atoms with Crippen LogP contribution in [0.4, 0.5) is 0 Å². The number of hydrogen-bond donors (Lipinski definition) is 3. The molecule has 0 bridgehead atoms. The van der Waals surface area contributed by atoms with Crippen LogP contribution >= 0.6 is 0 Å². The molecule has 1 atom stereocenters. The quantitative estimate of drug-likeness (QED) is 0.595. The van der Waals surface area contributed by atoms with Gasteiger partial charge >= 0.3 is 0 Å². The Morgan fingerprint density at radius 2 is 2.27 bits per heavy atom. The SMILES string of the molecule is CC(O)(Cc1nc[nH]n1)N1CCNCC1. The Hall–Kier alpha value is -0.980. The van der Waals surface area contributed by atoms with Crippen molar-refractivity contribution in [3.8, 4) is 0 Å². The van der Waals surface area contributed by atoms with Gasteiger partial charge in [-0.2, -0.15) is 5.10 Å². The van der Waals surface area contributed by atoms with Gasteiger partial charge in [0.15, 0.2) is 5.82 Å². The van der Waals surface area contributed by atoms with Crippen molar-refractivity contribution in [2.45, 2.75) is 19.1 Å². The third-order valence-electron chi connectivity index (χ3n) is 2.76. The molecule has 84 valence electrons. The first kappa shape index (κ1) is 10.5. The number of nitrogens with zero attached hydrogens (tertiary/aromatic N) is 3. The van der Waals surface area contributed by atoms with Crippen LogP contribution in [-0.4, -0.2) is 57.1 Å². The minimum atomic E-state index is -0.857. The van der Waals surface area contributed by atoms with E-state index in [-0.39, 0.29) is 0 Å². The van der Waals surface area contributed by atoms with E-state index >= 15 is 0 Å². The summed E-state index contributed by atoms with van der Waals surface area (Å²) in [4.78, 5) is 6.08. The second kappa shape index (κ2) is 4.26. The first-order valence-electron chi connectivity index (χ1n) is 5.21. The van der Waals surface area contributed by atoms with Crippen LogP contribution in [0.2, 0.25) is 0 Å². The molecule has 6 heteroatoms. The fraction of sp³-hybridized carbons (Fsp3) is 0.778. The summed E-state index contributed by atoms with van der Waals surface area (Å²) in [6, 6.07) is 0. The summed E-state index contributed by atoms with van der Waals surface area (Å²) in [5.74, 6) is 0.651. The van der Waals surface area contributed by atoms with Crippen LogP contribution in [0, 0.1) is 0 Å². The van der Waals surface area contributed by atoms with Crippen molar-refractivity contribution in [1.29, 1.82) is 0 Å². The zero-order chi connectivity index (χ0) is 10.7. The Kier molecular flexibility index (Phi) is 2.99. The van der Waals surface area contributed by atoms with Gasteiger partial charge in [-0.05, 0) is 6.92 Å². The highest BCUT2D eigenvalue weighted by Crippen LogP contribution is 2.16. The molecule has 0 saturated carbocycles. The van der Waals surface area contributed by atoms with Crippen LogP contribution in [-0.2, 0) is 6.42 Å². The van der Waals surface area contributed by atoms with Crippen molar-refractivity contribution >= 4 is 0 Å². The van der Waals surface area contributed by atoms with Gasteiger partial charge in [-0.15, -0.1) is 0 Å². The summed E-state index contributed by atoms with van der Waals surface area (Å²) in [6.45, 7) is 5.37. The normalized spacial score (nSPS) is 22.5. The maximum Gasteiger partial charge on any atom is 0.154 e. The molecule has 1 fully saturated rings. The predicted molar refractivity (Wildman–Crippen MR) is 55.2 cm³/mol. The standard InChI is InChI=1S/C9H17N5O/c1-9(15,6-8-11-7-12-13-8)14-4-2-10-3-5-14/h7,10,15H,2-6H2,1H3,(H,11,12,13). The van der Waals surface area contributed by atoms with Gasteiger partial charge in [-0.3, -0.25) is 10.00 Å². The molecule has 6 nitrogen and oxygen atoms in total. The number of rotatable bonds is 3.